The third-order valence-electron chi connectivity index (χ3n) is 6.46. The average Bonchev–Trinajstić information content (AvgIpc) is 2.88. The molecule has 5 nitrogen and oxygen atoms in total. The van der Waals surface area contributed by atoms with Crippen molar-refractivity contribution < 1.29 is 4.79 Å². The fraction of sp³-hybridized carbons (Fsp3) is 0.393. The molecule has 1 aliphatic rings. The quantitative estimate of drug-likeness (QED) is 0.430. The van der Waals surface area contributed by atoms with Gasteiger partial charge in [-0.25, -0.2) is 9.97 Å². The standard InChI is InChI=1S/C28H34N4O/c1-4-6-8-11-21-14-16-23(17-15-21)28(33)32-19-18-25-24(20-32)27(31(3)5-2)30-26(29-25)22-12-9-7-10-13-22/h7,9-10,12-17H,4-6,8,11,18-20H2,1-3H3. The van der Waals surface area contributed by atoms with Crippen molar-refractivity contribution in [2.24, 2.45) is 0 Å². The number of amides is 1. The van der Waals surface area contributed by atoms with E-state index in [1.54, 1.807) is 0 Å². The average molecular weight is 443 g/mol. The number of benzene rings is 2. The Morgan fingerprint density at radius 3 is 2.45 bits per heavy atom. The third kappa shape index (κ3) is 5.24. The second-order valence-electron chi connectivity index (χ2n) is 8.81. The van der Waals surface area contributed by atoms with Crippen molar-refractivity contribution in [3.63, 3.8) is 0 Å². The van der Waals surface area contributed by atoms with Crippen molar-refractivity contribution in [2.75, 3.05) is 25.0 Å². The van der Waals surface area contributed by atoms with Gasteiger partial charge in [-0.15, -0.1) is 0 Å². The van der Waals surface area contributed by atoms with Crippen LogP contribution in [-0.4, -0.2) is 40.9 Å². The molecule has 0 unspecified atom stereocenters. The molecule has 0 fully saturated rings. The normalized spacial score (nSPS) is 13.0. The Bertz CT molecular complexity index is 1080. The summed E-state index contributed by atoms with van der Waals surface area (Å²) in [6.07, 6.45) is 5.48. The lowest BCUT2D eigenvalue weighted by atomic mass is 10.0. The Labute approximate surface area is 197 Å². The van der Waals surface area contributed by atoms with Crippen molar-refractivity contribution in [2.45, 2.75) is 52.5 Å². The highest BCUT2D eigenvalue weighted by atomic mass is 16.2. The van der Waals surface area contributed by atoms with Gasteiger partial charge in [-0.3, -0.25) is 4.79 Å². The molecule has 0 spiro atoms. The molecule has 2 heterocycles. The van der Waals surface area contributed by atoms with Crippen molar-refractivity contribution in [3.8, 4) is 11.4 Å². The van der Waals surface area contributed by atoms with Gasteiger partial charge in [-0.05, 0) is 37.5 Å². The van der Waals surface area contributed by atoms with Gasteiger partial charge < -0.3 is 9.80 Å². The number of hydrogen-bond donors (Lipinski definition) is 0. The topological polar surface area (TPSA) is 49.3 Å². The number of aromatic nitrogens is 2. The number of unbranched alkanes of at least 4 members (excludes halogenated alkanes) is 2. The summed E-state index contributed by atoms with van der Waals surface area (Å²) in [6, 6.07) is 18.3. The smallest absolute Gasteiger partial charge is 0.254 e. The zero-order valence-electron chi connectivity index (χ0n) is 20.1. The molecular weight excluding hydrogens is 408 g/mol. The molecular formula is C28H34N4O. The van der Waals surface area contributed by atoms with Crippen LogP contribution in [0.1, 0.15) is 60.3 Å². The minimum atomic E-state index is 0.0815. The molecule has 1 amide bonds. The zero-order chi connectivity index (χ0) is 23.2. The SMILES string of the molecule is CCCCCc1ccc(C(=O)N2CCc3nc(-c4ccccc4)nc(N(C)CC)c3C2)cc1. The largest absolute Gasteiger partial charge is 0.360 e. The van der Waals surface area contributed by atoms with E-state index < -0.39 is 0 Å². The second kappa shape index (κ2) is 10.6. The fourth-order valence-electron chi connectivity index (χ4n) is 4.33. The first-order valence-electron chi connectivity index (χ1n) is 12.1. The minimum Gasteiger partial charge on any atom is -0.360 e. The first-order chi connectivity index (χ1) is 16.1. The van der Waals surface area contributed by atoms with Gasteiger partial charge in [0.05, 0.1) is 12.2 Å². The van der Waals surface area contributed by atoms with Crippen LogP contribution >= 0.6 is 0 Å². The predicted octanol–water partition coefficient (Wildman–Crippen LogP) is 5.53. The molecule has 0 saturated heterocycles. The molecule has 3 aromatic rings. The minimum absolute atomic E-state index is 0.0815. The maximum absolute atomic E-state index is 13.3. The van der Waals surface area contributed by atoms with Gasteiger partial charge in [-0.1, -0.05) is 62.2 Å². The van der Waals surface area contributed by atoms with E-state index in [1.165, 1.54) is 24.8 Å². The van der Waals surface area contributed by atoms with Crippen LogP contribution in [-0.2, 0) is 19.4 Å². The van der Waals surface area contributed by atoms with Crippen molar-refractivity contribution >= 4 is 11.7 Å². The summed E-state index contributed by atoms with van der Waals surface area (Å²) in [5.41, 5.74) is 5.19. The molecule has 1 aromatic heterocycles. The summed E-state index contributed by atoms with van der Waals surface area (Å²) in [7, 11) is 2.05. The molecule has 4 rings (SSSR count). The maximum atomic E-state index is 13.3. The summed E-state index contributed by atoms with van der Waals surface area (Å²) in [4.78, 5) is 27.2. The van der Waals surface area contributed by atoms with E-state index in [4.69, 9.17) is 9.97 Å². The number of hydrogen-bond acceptors (Lipinski definition) is 4. The highest BCUT2D eigenvalue weighted by molar-refractivity contribution is 5.94. The molecule has 5 heteroatoms. The number of rotatable bonds is 8. The van der Waals surface area contributed by atoms with Gasteiger partial charge >= 0.3 is 0 Å². The summed E-state index contributed by atoms with van der Waals surface area (Å²) in [6.45, 7) is 6.39. The van der Waals surface area contributed by atoms with E-state index in [0.29, 0.717) is 13.1 Å². The van der Waals surface area contributed by atoms with Crippen LogP contribution in [0.4, 0.5) is 5.82 Å². The highest BCUT2D eigenvalue weighted by Gasteiger charge is 2.27. The maximum Gasteiger partial charge on any atom is 0.254 e. The van der Waals surface area contributed by atoms with Crippen molar-refractivity contribution in [3.05, 3.63) is 77.0 Å². The monoisotopic (exact) mass is 442 g/mol. The Kier molecular flexibility index (Phi) is 7.38. The van der Waals surface area contributed by atoms with Gasteiger partial charge in [0.25, 0.3) is 5.91 Å². The lowest BCUT2D eigenvalue weighted by Crippen LogP contribution is -2.37. The molecule has 0 atom stereocenters. The first kappa shape index (κ1) is 23.0. The molecule has 0 bridgehead atoms. The fourth-order valence-corrected chi connectivity index (χ4v) is 4.33. The van der Waals surface area contributed by atoms with E-state index in [2.05, 4.69) is 37.9 Å². The van der Waals surface area contributed by atoms with Crippen molar-refractivity contribution in [1.82, 2.24) is 14.9 Å². The van der Waals surface area contributed by atoms with Crippen LogP contribution in [0.2, 0.25) is 0 Å². The number of aryl methyl sites for hydroxylation is 1. The molecule has 172 valence electrons. The van der Waals surface area contributed by atoms with E-state index in [9.17, 15) is 4.79 Å². The number of carbonyl (C=O) groups is 1. The molecule has 0 aliphatic carbocycles. The Hall–Kier alpha value is -3.21. The van der Waals surface area contributed by atoms with Crippen LogP contribution in [0, 0.1) is 0 Å². The Morgan fingerprint density at radius 1 is 1.00 bits per heavy atom. The van der Waals surface area contributed by atoms with E-state index in [1.807, 2.05) is 47.4 Å². The van der Waals surface area contributed by atoms with E-state index >= 15 is 0 Å². The lowest BCUT2D eigenvalue weighted by molar-refractivity contribution is 0.0733. The lowest BCUT2D eigenvalue weighted by Gasteiger charge is -2.31. The van der Waals surface area contributed by atoms with Gasteiger partial charge in [0.2, 0.25) is 0 Å². The number of fused-ring (bicyclic) bond motifs is 1. The molecule has 0 saturated carbocycles. The van der Waals surface area contributed by atoms with Gasteiger partial charge in [0.1, 0.15) is 5.82 Å². The molecule has 1 aliphatic heterocycles. The first-order valence-corrected chi connectivity index (χ1v) is 12.1. The summed E-state index contributed by atoms with van der Waals surface area (Å²) in [5, 5.41) is 0. The summed E-state index contributed by atoms with van der Waals surface area (Å²) >= 11 is 0. The van der Waals surface area contributed by atoms with E-state index in [-0.39, 0.29) is 5.91 Å². The zero-order valence-corrected chi connectivity index (χ0v) is 20.1. The Balaban J connectivity index is 1.56. The van der Waals surface area contributed by atoms with Crippen LogP contribution in [0.3, 0.4) is 0 Å². The Morgan fingerprint density at radius 2 is 1.76 bits per heavy atom. The number of anilines is 1. The number of carbonyl (C=O) groups excluding carboxylic acids is 1. The van der Waals surface area contributed by atoms with Crippen LogP contribution in [0.15, 0.2) is 54.6 Å². The summed E-state index contributed by atoms with van der Waals surface area (Å²) < 4.78 is 0. The van der Waals surface area contributed by atoms with Crippen LogP contribution in [0.25, 0.3) is 11.4 Å². The van der Waals surface area contributed by atoms with Gasteiger partial charge in [0.15, 0.2) is 5.82 Å². The molecule has 33 heavy (non-hydrogen) atoms. The molecule has 0 radical (unpaired) electrons. The molecule has 0 N–H and O–H groups in total. The summed E-state index contributed by atoms with van der Waals surface area (Å²) in [5.74, 6) is 1.76. The van der Waals surface area contributed by atoms with E-state index in [0.717, 1.165) is 53.4 Å². The van der Waals surface area contributed by atoms with Gasteiger partial charge in [-0.2, -0.15) is 0 Å². The predicted molar refractivity (Wildman–Crippen MR) is 135 cm³/mol. The number of nitrogens with zero attached hydrogens (tertiary/aromatic N) is 4. The highest BCUT2D eigenvalue weighted by Crippen LogP contribution is 2.30. The van der Waals surface area contributed by atoms with Crippen LogP contribution in [0.5, 0.6) is 0 Å². The third-order valence-corrected chi connectivity index (χ3v) is 6.46. The van der Waals surface area contributed by atoms with Crippen LogP contribution < -0.4 is 4.90 Å². The molecule has 2 aromatic carbocycles. The second-order valence-corrected chi connectivity index (χ2v) is 8.81. The van der Waals surface area contributed by atoms with Crippen molar-refractivity contribution in [1.29, 1.82) is 0 Å². The van der Waals surface area contributed by atoms with Gasteiger partial charge in [0, 0.05) is 43.2 Å².